The minimum Gasteiger partial charge on any atom is -0.493 e. The number of Topliss-reactive ketones (excluding diaryl/α,β-unsaturated/α-hetero) is 1. The zero-order valence-corrected chi connectivity index (χ0v) is 16.4. The van der Waals surface area contributed by atoms with Crippen LogP contribution in [0.25, 0.3) is 6.08 Å². The molecule has 29 heavy (non-hydrogen) atoms. The van der Waals surface area contributed by atoms with Gasteiger partial charge in [0.1, 0.15) is 11.5 Å². The molecule has 0 spiro atoms. The highest BCUT2D eigenvalue weighted by Gasteiger charge is 2.28. The lowest BCUT2D eigenvalue weighted by molar-refractivity contribution is -0.142. The number of methoxy groups -OCH3 is 4. The van der Waals surface area contributed by atoms with E-state index in [0.717, 1.165) is 0 Å². The number of hydrogen-bond acceptors (Lipinski definition) is 8. The Morgan fingerprint density at radius 1 is 1.00 bits per heavy atom. The molecule has 0 N–H and O–H groups in total. The Labute approximate surface area is 167 Å². The number of rotatable bonds is 7. The predicted molar refractivity (Wildman–Crippen MR) is 103 cm³/mol. The first kappa shape index (κ1) is 20.1. The van der Waals surface area contributed by atoms with Crippen molar-refractivity contribution in [2.75, 3.05) is 35.0 Å². The van der Waals surface area contributed by atoms with Crippen LogP contribution < -0.4 is 23.7 Å². The Kier molecular flexibility index (Phi) is 5.92. The van der Waals surface area contributed by atoms with Crippen LogP contribution in [0.1, 0.15) is 15.9 Å². The van der Waals surface area contributed by atoms with Crippen LogP contribution in [-0.2, 0) is 9.53 Å². The average Bonchev–Trinajstić information content (AvgIpc) is 3.05. The predicted octanol–water partition coefficient (Wildman–Crippen LogP) is 2.88. The summed E-state index contributed by atoms with van der Waals surface area (Å²) in [6.45, 7) is -0.239. The maximum absolute atomic E-state index is 12.7. The number of carbonyl (C=O) groups is 2. The van der Waals surface area contributed by atoms with E-state index in [1.54, 1.807) is 36.4 Å². The summed E-state index contributed by atoms with van der Waals surface area (Å²) >= 11 is 0. The summed E-state index contributed by atoms with van der Waals surface area (Å²) < 4.78 is 31.5. The molecule has 1 aliphatic heterocycles. The van der Waals surface area contributed by atoms with Crippen LogP contribution in [0.3, 0.4) is 0 Å². The summed E-state index contributed by atoms with van der Waals surface area (Å²) in [5, 5.41) is 0. The molecule has 0 unspecified atom stereocenters. The minimum absolute atomic E-state index is 0.138. The normalized spacial score (nSPS) is 13.5. The largest absolute Gasteiger partial charge is 0.493 e. The first-order chi connectivity index (χ1) is 14.0. The molecule has 0 saturated carbocycles. The van der Waals surface area contributed by atoms with Gasteiger partial charge < -0.3 is 28.4 Å². The highest BCUT2D eigenvalue weighted by molar-refractivity contribution is 6.14. The number of allylic oxidation sites excluding steroid dienone is 1. The van der Waals surface area contributed by atoms with E-state index in [1.165, 1.54) is 28.4 Å². The molecule has 1 aliphatic rings. The van der Waals surface area contributed by atoms with Crippen LogP contribution in [0.4, 0.5) is 0 Å². The second-order valence-electron chi connectivity index (χ2n) is 5.92. The molecule has 3 rings (SSSR count). The third kappa shape index (κ3) is 4.11. The van der Waals surface area contributed by atoms with Gasteiger partial charge in [-0.3, -0.25) is 4.79 Å². The Balaban J connectivity index is 1.88. The third-order valence-electron chi connectivity index (χ3n) is 4.21. The molecule has 2 aromatic rings. The lowest BCUT2D eigenvalue weighted by Crippen LogP contribution is -2.12. The lowest BCUT2D eigenvalue weighted by atomic mass is 10.1. The monoisotopic (exact) mass is 400 g/mol. The molecule has 8 nitrogen and oxygen atoms in total. The van der Waals surface area contributed by atoms with Gasteiger partial charge in [0.25, 0.3) is 0 Å². The Bertz CT molecular complexity index is 952. The number of benzene rings is 2. The summed E-state index contributed by atoms with van der Waals surface area (Å²) in [7, 11) is 5.81. The fraction of sp³-hybridized carbons (Fsp3) is 0.238. The topological polar surface area (TPSA) is 89.5 Å². The lowest BCUT2D eigenvalue weighted by Gasteiger charge is -2.13. The molecule has 0 amide bonds. The van der Waals surface area contributed by atoms with Crippen LogP contribution >= 0.6 is 0 Å². The number of ketones is 1. The molecule has 0 aromatic heterocycles. The zero-order chi connectivity index (χ0) is 21.0. The first-order valence-electron chi connectivity index (χ1n) is 8.58. The smallest absolute Gasteiger partial charge is 0.343 e. The van der Waals surface area contributed by atoms with E-state index >= 15 is 0 Å². The van der Waals surface area contributed by atoms with E-state index in [2.05, 4.69) is 4.74 Å². The van der Waals surface area contributed by atoms with Crippen molar-refractivity contribution >= 4 is 17.8 Å². The summed E-state index contributed by atoms with van der Waals surface area (Å²) in [4.78, 5) is 23.9. The average molecular weight is 400 g/mol. The second kappa shape index (κ2) is 8.55. The quantitative estimate of drug-likeness (QED) is 0.518. The Hall–Kier alpha value is -3.68. The first-order valence-corrected chi connectivity index (χ1v) is 8.58. The van der Waals surface area contributed by atoms with E-state index in [1.807, 2.05) is 0 Å². The zero-order valence-electron chi connectivity index (χ0n) is 16.4. The molecule has 2 aromatic carbocycles. The van der Waals surface area contributed by atoms with Crippen molar-refractivity contribution in [3.63, 3.8) is 0 Å². The van der Waals surface area contributed by atoms with E-state index in [9.17, 15) is 9.59 Å². The number of esters is 1. The van der Waals surface area contributed by atoms with Crippen molar-refractivity contribution in [3.05, 3.63) is 47.2 Å². The summed E-state index contributed by atoms with van der Waals surface area (Å²) in [6.07, 6.45) is 1.59. The van der Waals surface area contributed by atoms with Gasteiger partial charge >= 0.3 is 5.97 Å². The van der Waals surface area contributed by atoms with Gasteiger partial charge in [0.2, 0.25) is 11.5 Å². The minimum atomic E-state index is -0.509. The standard InChI is InChI=1S/C21H20O8/c1-24-17-8-12(9-18(25-2)21(17)27-4)7-16-20(23)14-6-5-13(10-15(14)29-16)28-11-19(22)26-3/h5-10H,11H2,1-4H3/b16-7-. The van der Waals surface area contributed by atoms with Gasteiger partial charge in [-0.1, -0.05) is 0 Å². The van der Waals surface area contributed by atoms with Crippen molar-refractivity contribution in [2.45, 2.75) is 0 Å². The SMILES string of the molecule is COC(=O)COc1ccc2c(c1)O/C(=C\c1cc(OC)c(OC)c(OC)c1)C2=O. The molecular weight excluding hydrogens is 380 g/mol. The Morgan fingerprint density at radius 3 is 2.28 bits per heavy atom. The number of ether oxygens (including phenoxy) is 6. The molecule has 1 heterocycles. The highest BCUT2D eigenvalue weighted by Crippen LogP contribution is 2.40. The van der Waals surface area contributed by atoms with E-state index in [4.69, 9.17) is 23.7 Å². The van der Waals surface area contributed by atoms with Gasteiger partial charge in [0.05, 0.1) is 34.0 Å². The van der Waals surface area contributed by atoms with Crippen molar-refractivity contribution in [1.82, 2.24) is 0 Å². The molecule has 0 aliphatic carbocycles. The van der Waals surface area contributed by atoms with Gasteiger partial charge in [0, 0.05) is 6.07 Å². The maximum atomic E-state index is 12.7. The van der Waals surface area contributed by atoms with E-state index < -0.39 is 5.97 Å². The van der Waals surface area contributed by atoms with Crippen LogP contribution in [0, 0.1) is 0 Å². The fourth-order valence-corrected chi connectivity index (χ4v) is 2.79. The van der Waals surface area contributed by atoms with Gasteiger partial charge in [-0.25, -0.2) is 4.79 Å². The summed E-state index contributed by atoms with van der Waals surface area (Å²) in [5.41, 5.74) is 1.03. The molecule has 0 bridgehead atoms. The number of fused-ring (bicyclic) bond motifs is 1. The highest BCUT2D eigenvalue weighted by atomic mass is 16.6. The van der Waals surface area contributed by atoms with Crippen LogP contribution in [-0.4, -0.2) is 46.8 Å². The second-order valence-corrected chi connectivity index (χ2v) is 5.92. The van der Waals surface area contributed by atoms with Crippen LogP contribution in [0.5, 0.6) is 28.7 Å². The van der Waals surface area contributed by atoms with E-state index in [0.29, 0.717) is 39.9 Å². The van der Waals surface area contributed by atoms with Gasteiger partial charge in [-0.2, -0.15) is 0 Å². The van der Waals surface area contributed by atoms with Crippen LogP contribution in [0.15, 0.2) is 36.1 Å². The van der Waals surface area contributed by atoms with Crippen molar-refractivity contribution in [1.29, 1.82) is 0 Å². The summed E-state index contributed by atoms with van der Waals surface area (Å²) in [5.74, 6) is 1.46. The maximum Gasteiger partial charge on any atom is 0.343 e. The molecule has 0 radical (unpaired) electrons. The number of carbonyl (C=O) groups excluding carboxylic acids is 2. The molecule has 152 valence electrons. The van der Waals surface area contributed by atoms with Gasteiger partial charge in [-0.05, 0) is 35.9 Å². The van der Waals surface area contributed by atoms with Gasteiger partial charge in [-0.15, -0.1) is 0 Å². The molecular formula is C21H20O8. The fourth-order valence-electron chi connectivity index (χ4n) is 2.79. The molecule has 0 fully saturated rings. The summed E-state index contributed by atoms with van der Waals surface area (Å²) in [6, 6.07) is 8.13. The van der Waals surface area contributed by atoms with Crippen LogP contribution in [0.2, 0.25) is 0 Å². The van der Waals surface area contributed by atoms with Crippen molar-refractivity contribution in [3.8, 4) is 28.7 Å². The number of hydrogen-bond donors (Lipinski definition) is 0. The van der Waals surface area contributed by atoms with Crippen molar-refractivity contribution in [2.24, 2.45) is 0 Å². The van der Waals surface area contributed by atoms with Gasteiger partial charge in [0.15, 0.2) is 23.9 Å². The third-order valence-corrected chi connectivity index (χ3v) is 4.21. The molecule has 0 atom stereocenters. The molecule has 8 heteroatoms. The van der Waals surface area contributed by atoms with E-state index in [-0.39, 0.29) is 18.1 Å². The Morgan fingerprint density at radius 2 is 1.69 bits per heavy atom. The molecule has 0 saturated heterocycles. The van der Waals surface area contributed by atoms with Crippen molar-refractivity contribution < 1.29 is 38.0 Å².